The van der Waals surface area contributed by atoms with Crippen molar-refractivity contribution in [3.63, 3.8) is 0 Å². The van der Waals surface area contributed by atoms with Gasteiger partial charge in [0.2, 0.25) is 11.8 Å². The maximum Gasteiger partial charge on any atom is 0.250 e. The number of carbonyl (C=O) groups excluding carboxylic acids is 2. The molecule has 3 aliphatic rings. The van der Waals surface area contributed by atoms with Gasteiger partial charge in [0.05, 0.1) is 29.9 Å². The third kappa shape index (κ3) is 2.86. The summed E-state index contributed by atoms with van der Waals surface area (Å²) < 4.78 is 21.3. The molecule has 0 saturated carbocycles. The van der Waals surface area contributed by atoms with Crippen LogP contribution in [0.1, 0.15) is 12.8 Å². The molecule has 7 nitrogen and oxygen atoms in total. The Labute approximate surface area is 184 Å². The number of carbonyl (C=O) groups is 2. The Morgan fingerprint density at radius 2 is 1.94 bits per heavy atom. The van der Waals surface area contributed by atoms with Crippen LogP contribution in [0.15, 0.2) is 48.7 Å². The first kappa shape index (κ1) is 19.4. The molecule has 2 aromatic carbocycles. The van der Waals surface area contributed by atoms with Gasteiger partial charge in [0, 0.05) is 31.0 Å². The van der Waals surface area contributed by atoms with E-state index in [2.05, 4.69) is 5.10 Å². The summed E-state index contributed by atoms with van der Waals surface area (Å²) in [6, 6.07) is 11.7. The Kier molecular flexibility index (Phi) is 4.50. The highest BCUT2D eigenvalue weighted by atomic mass is 19.1. The lowest BCUT2D eigenvalue weighted by atomic mass is 10.0. The Hall–Kier alpha value is -3.26. The average molecular weight is 434 g/mol. The number of aromatic nitrogens is 2. The number of ether oxygens (including phenoxy) is 1. The van der Waals surface area contributed by atoms with Gasteiger partial charge < -0.3 is 14.5 Å². The van der Waals surface area contributed by atoms with E-state index < -0.39 is 6.04 Å². The van der Waals surface area contributed by atoms with Gasteiger partial charge >= 0.3 is 0 Å². The van der Waals surface area contributed by atoms with Crippen LogP contribution < -0.4 is 4.90 Å². The molecule has 6 rings (SSSR count). The number of amides is 2. The maximum atomic E-state index is 14.4. The van der Waals surface area contributed by atoms with Gasteiger partial charge in [0.15, 0.2) is 0 Å². The fourth-order valence-electron chi connectivity index (χ4n) is 5.38. The molecule has 3 aromatic rings. The monoisotopic (exact) mass is 434 g/mol. The molecule has 2 amide bonds. The first-order valence-corrected chi connectivity index (χ1v) is 11.0. The third-order valence-corrected chi connectivity index (χ3v) is 6.98. The van der Waals surface area contributed by atoms with Gasteiger partial charge in [-0.25, -0.2) is 9.07 Å². The highest BCUT2D eigenvalue weighted by molar-refractivity contribution is 6.08. The number of anilines is 1. The minimum absolute atomic E-state index is 0.0378. The normalized spacial score (nSPS) is 25.2. The van der Waals surface area contributed by atoms with Gasteiger partial charge in [-0.15, -0.1) is 0 Å². The van der Waals surface area contributed by atoms with Crippen molar-refractivity contribution in [2.45, 2.75) is 18.9 Å². The lowest BCUT2D eigenvalue weighted by molar-refractivity contribution is -0.140. The Balaban J connectivity index is 1.34. The molecule has 3 atom stereocenters. The molecular formula is C24H23FN4O3. The first-order valence-electron chi connectivity index (χ1n) is 11.0. The van der Waals surface area contributed by atoms with E-state index in [9.17, 15) is 14.0 Å². The number of halogens is 1. The van der Waals surface area contributed by atoms with Crippen molar-refractivity contribution in [2.75, 3.05) is 31.2 Å². The van der Waals surface area contributed by atoms with Crippen LogP contribution in [0, 0.1) is 17.7 Å². The van der Waals surface area contributed by atoms with E-state index in [1.54, 1.807) is 38.9 Å². The first-order chi connectivity index (χ1) is 15.6. The van der Waals surface area contributed by atoms with E-state index in [0.717, 1.165) is 29.4 Å². The lowest BCUT2D eigenvalue weighted by Gasteiger charge is -2.26. The lowest BCUT2D eigenvalue weighted by Crippen LogP contribution is -2.46. The summed E-state index contributed by atoms with van der Waals surface area (Å²) >= 11 is 0. The number of para-hydroxylation sites is 1. The van der Waals surface area contributed by atoms with E-state index in [4.69, 9.17) is 4.74 Å². The summed E-state index contributed by atoms with van der Waals surface area (Å²) in [5.41, 5.74) is 1.84. The molecule has 4 heterocycles. The fourth-order valence-corrected chi connectivity index (χ4v) is 5.38. The van der Waals surface area contributed by atoms with Gasteiger partial charge in [-0.05, 0) is 37.1 Å². The minimum atomic E-state index is -0.417. The molecule has 0 aliphatic carbocycles. The van der Waals surface area contributed by atoms with Crippen molar-refractivity contribution >= 4 is 28.4 Å². The number of nitrogens with zero attached hydrogens (tertiary/aromatic N) is 4. The van der Waals surface area contributed by atoms with Crippen molar-refractivity contribution in [1.82, 2.24) is 14.7 Å². The molecule has 3 fully saturated rings. The molecule has 32 heavy (non-hydrogen) atoms. The Morgan fingerprint density at radius 3 is 2.75 bits per heavy atom. The molecule has 0 spiro atoms. The van der Waals surface area contributed by atoms with Crippen molar-refractivity contribution in [2.24, 2.45) is 11.8 Å². The second kappa shape index (κ2) is 7.41. The predicted octanol–water partition coefficient (Wildman–Crippen LogP) is 2.76. The van der Waals surface area contributed by atoms with E-state index in [0.29, 0.717) is 32.0 Å². The van der Waals surface area contributed by atoms with Crippen LogP contribution in [0.3, 0.4) is 0 Å². The standard InChI is InChI=1S/C24H23FN4O3/c25-18-4-1-2-5-21(18)29-20-7-3-6-19(17(20)12-26-29)28-13-15-8-10-27(22(15)24(28)31)23(30)16-9-11-32-14-16/h1-7,12,15-16,22H,8-11,13-14H2/t15?,16-,22?/m1/s1. The van der Waals surface area contributed by atoms with E-state index in [1.807, 2.05) is 18.2 Å². The number of fused-ring (bicyclic) bond motifs is 2. The van der Waals surface area contributed by atoms with Crippen LogP contribution >= 0.6 is 0 Å². The maximum absolute atomic E-state index is 14.4. The van der Waals surface area contributed by atoms with Crippen LogP contribution in [0.25, 0.3) is 16.6 Å². The number of hydrogen-bond donors (Lipinski definition) is 0. The molecule has 0 bridgehead atoms. The Morgan fingerprint density at radius 1 is 1.09 bits per heavy atom. The van der Waals surface area contributed by atoms with Crippen molar-refractivity contribution in [3.05, 3.63) is 54.5 Å². The molecule has 0 N–H and O–H groups in total. The second-order valence-electron chi connectivity index (χ2n) is 8.75. The molecule has 3 aliphatic heterocycles. The van der Waals surface area contributed by atoms with Crippen LogP contribution in [0.2, 0.25) is 0 Å². The summed E-state index contributed by atoms with van der Waals surface area (Å²) in [6.45, 7) is 2.24. The summed E-state index contributed by atoms with van der Waals surface area (Å²) in [6.07, 6.45) is 3.22. The summed E-state index contributed by atoms with van der Waals surface area (Å²) in [4.78, 5) is 30.1. The zero-order valence-electron chi connectivity index (χ0n) is 17.5. The van der Waals surface area contributed by atoms with E-state index >= 15 is 0 Å². The molecule has 8 heteroatoms. The summed E-state index contributed by atoms with van der Waals surface area (Å²) in [5.74, 6) is -0.398. The SMILES string of the molecule is O=C1C2C(CCN2C(=O)[C@@H]2CCOC2)CN1c1cccc2c1cnn2-c1ccccc1F. The number of benzene rings is 2. The van der Waals surface area contributed by atoms with Gasteiger partial charge in [-0.2, -0.15) is 5.10 Å². The molecular weight excluding hydrogens is 411 g/mol. The number of hydrogen-bond acceptors (Lipinski definition) is 4. The van der Waals surface area contributed by atoms with Crippen LogP contribution in [0.5, 0.6) is 0 Å². The zero-order valence-corrected chi connectivity index (χ0v) is 17.5. The van der Waals surface area contributed by atoms with Gasteiger partial charge in [0.1, 0.15) is 17.5 Å². The predicted molar refractivity (Wildman–Crippen MR) is 116 cm³/mol. The zero-order chi connectivity index (χ0) is 21.8. The summed E-state index contributed by atoms with van der Waals surface area (Å²) in [7, 11) is 0. The molecule has 1 aromatic heterocycles. The highest BCUT2D eigenvalue weighted by Gasteiger charge is 2.51. The van der Waals surface area contributed by atoms with Crippen LogP contribution in [-0.4, -0.2) is 58.8 Å². The smallest absolute Gasteiger partial charge is 0.250 e. The summed E-state index contributed by atoms with van der Waals surface area (Å²) in [5, 5.41) is 5.19. The Bertz CT molecular complexity index is 1220. The largest absolute Gasteiger partial charge is 0.381 e. The topological polar surface area (TPSA) is 67.7 Å². The molecule has 164 valence electrons. The van der Waals surface area contributed by atoms with E-state index in [-0.39, 0.29) is 29.5 Å². The van der Waals surface area contributed by atoms with Crippen molar-refractivity contribution in [3.8, 4) is 5.69 Å². The molecule has 0 radical (unpaired) electrons. The van der Waals surface area contributed by atoms with E-state index in [1.165, 1.54) is 6.07 Å². The van der Waals surface area contributed by atoms with Crippen LogP contribution in [-0.2, 0) is 14.3 Å². The highest BCUT2D eigenvalue weighted by Crippen LogP contribution is 2.39. The van der Waals surface area contributed by atoms with Crippen molar-refractivity contribution < 1.29 is 18.7 Å². The third-order valence-electron chi connectivity index (χ3n) is 6.98. The minimum Gasteiger partial charge on any atom is -0.381 e. The molecule has 3 saturated heterocycles. The molecule has 2 unspecified atom stereocenters. The van der Waals surface area contributed by atoms with Gasteiger partial charge in [-0.1, -0.05) is 18.2 Å². The van der Waals surface area contributed by atoms with Crippen LogP contribution in [0.4, 0.5) is 10.1 Å². The van der Waals surface area contributed by atoms with Crippen molar-refractivity contribution in [1.29, 1.82) is 0 Å². The quantitative estimate of drug-likeness (QED) is 0.636. The average Bonchev–Trinajstić information content (AvgIpc) is 3.59. The number of rotatable bonds is 3. The fraction of sp³-hybridized carbons (Fsp3) is 0.375. The second-order valence-corrected chi connectivity index (χ2v) is 8.75. The number of likely N-dealkylation sites (tertiary alicyclic amines) is 1. The van der Waals surface area contributed by atoms with Gasteiger partial charge in [-0.3, -0.25) is 9.59 Å². The van der Waals surface area contributed by atoms with Gasteiger partial charge in [0.25, 0.3) is 0 Å².